The van der Waals surface area contributed by atoms with Gasteiger partial charge in [-0.3, -0.25) is 0 Å². The van der Waals surface area contributed by atoms with Crippen molar-refractivity contribution in [2.45, 2.75) is 20.4 Å². The van der Waals surface area contributed by atoms with E-state index >= 15 is 0 Å². The summed E-state index contributed by atoms with van der Waals surface area (Å²) in [5.74, 6) is 0.884. The van der Waals surface area contributed by atoms with Gasteiger partial charge in [0.05, 0.1) is 13.2 Å². The summed E-state index contributed by atoms with van der Waals surface area (Å²) in [5.41, 5.74) is 2.22. The van der Waals surface area contributed by atoms with Crippen LogP contribution in [0, 0.1) is 0 Å². The third kappa shape index (κ3) is 5.50. The Morgan fingerprint density at radius 3 is 2.56 bits per heavy atom. The van der Waals surface area contributed by atoms with E-state index in [4.69, 9.17) is 9.73 Å². The predicted octanol–water partition coefficient (Wildman–Crippen LogP) is 3.03. The highest BCUT2D eigenvalue weighted by Gasteiger charge is 2.23. The second-order valence-electron chi connectivity index (χ2n) is 6.23. The van der Waals surface area contributed by atoms with Gasteiger partial charge in [0.2, 0.25) is 0 Å². The Balaban J connectivity index is 0.00000261. The number of rotatable bonds is 4. The summed E-state index contributed by atoms with van der Waals surface area (Å²) < 4.78 is 5.08. The van der Waals surface area contributed by atoms with Gasteiger partial charge in [0.25, 0.3) is 0 Å². The molecule has 1 saturated heterocycles. The number of para-hydroxylation sites is 1. The Bertz CT molecular complexity index is 735. The number of nitrogens with one attached hydrogen (secondary N) is 2. The van der Waals surface area contributed by atoms with Gasteiger partial charge in [-0.2, -0.15) is 0 Å². The van der Waals surface area contributed by atoms with Crippen molar-refractivity contribution in [3.05, 3.63) is 36.0 Å². The number of halogens is 1. The van der Waals surface area contributed by atoms with Crippen LogP contribution in [0.25, 0.3) is 10.9 Å². The van der Waals surface area contributed by atoms with Crippen molar-refractivity contribution in [3.63, 3.8) is 0 Å². The zero-order valence-electron chi connectivity index (χ0n) is 15.9. The SMILES string of the molecule is CCNC(=NCc1cc2ccccc2[nH]1)N1CCN(C(=O)OCC)CC1.I. The van der Waals surface area contributed by atoms with Gasteiger partial charge >= 0.3 is 6.09 Å². The Labute approximate surface area is 177 Å². The third-order valence-electron chi connectivity index (χ3n) is 4.43. The maximum Gasteiger partial charge on any atom is 0.409 e. The lowest BCUT2D eigenvalue weighted by Gasteiger charge is -2.35. The molecule has 2 heterocycles. The molecule has 0 radical (unpaired) electrons. The van der Waals surface area contributed by atoms with Crippen molar-refractivity contribution in [1.29, 1.82) is 0 Å². The Morgan fingerprint density at radius 1 is 1.19 bits per heavy atom. The summed E-state index contributed by atoms with van der Waals surface area (Å²) in [5, 5.41) is 4.55. The van der Waals surface area contributed by atoms with Gasteiger partial charge in [-0.25, -0.2) is 9.79 Å². The highest BCUT2D eigenvalue weighted by molar-refractivity contribution is 14.0. The number of aromatic nitrogens is 1. The summed E-state index contributed by atoms with van der Waals surface area (Å²) in [7, 11) is 0. The van der Waals surface area contributed by atoms with Crippen LogP contribution in [0.3, 0.4) is 0 Å². The lowest BCUT2D eigenvalue weighted by Crippen LogP contribution is -2.53. The standard InChI is InChI=1S/C19H27N5O2.HI/c1-3-20-18(23-9-11-24(12-10-23)19(25)26-4-2)21-14-16-13-15-7-5-6-8-17(15)22-16;/h5-8,13,22H,3-4,9-12,14H2,1-2H3,(H,20,21);1H. The monoisotopic (exact) mass is 485 g/mol. The predicted molar refractivity (Wildman–Crippen MR) is 119 cm³/mol. The lowest BCUT2D eigenvalue weighted by molar-refractivity contribution is 0.0914. The number of aromatic amines is 1. The first-order valence-electron chi connectivity index (χ1n) is 9.22. The van der Waals surface area contributed by atoms with Crippen molar-refractivity contribution >= 4 is 46.9 Å². The quantitative estimate of drug-likeness (QED) is 0.397. The first-order valence-corrected chi connectivity index (χ1v) is 9.22. The Morgan fingerprint density at radius 2 is 1.89 bits per heavy atom. The number of nitrogens with zero attached hydrogens (tertiary/aromatic N) is 3. The van der Waals surface area contributed by atoms with Crippen molar-refractivity contribution < 1.29 is 9.53 Å². The molecule has 0 saturated carbocycles. The van der Waals surface area contributed by atoms with Gasteiger partial charge in [0.1, 0.15) is 0 Å². The van der Waals surface area contributed by atoms with Crippen molar-refractivity contribution in [2.24, 2.45) is 4.99 Å². The summed E-state index contributed by atoms with van der Waals surface area (Å²) in [4.78, 5) is 24.0. The zero-order chi connectivity index (χ0) is 18.4. The van der Waals surface area contributed by atoms with Gasteiger partial charge in [0.15, 0.2) is 5.96 Å². The smallest absolute Gasteiger partial charge is 0.409 e. The van der Waals surface area contributed by atoms with Gasteiger partial charge in [-0.1, -0.05) is 18.2 Å². The van der Waals surface area contributed by atoms with Gasteiger partial charge < -0.3 is 24.8 Å². The molecule has 7 nitrogen and oxygen atoms in total. The fourth-order valence-electron chi connectivity index (χ4n) is 3.12. The number of hydrogen-bond acceptors (Lipinski definition) is 3. The van der Waals surface area contributed by atoms with E-state index in [9.17, 15) is 4.79 Å². The molecule has 2 N–H and O–H groups in total. The maximum atomic E-state index is 11.8. The number of fused-ring (bicyclic) bond motifs is 1. The minimum atomic E-state index is -0.229. The van der Waals surface area contributed by atoms with Gasteiger partial charge in [0, 0.05) is 43.9 Å². The molecule has 8 heteroatoms. The molecule has 0 aliphatic carbocycles. The molecule has 0 unspecified atom stereocenters. The van der Waals surface area contributed by atoms with E-state index in [1.165, 1.54) is 5.39 Å². The van der Waals surface area contributed by atoms with Crippen LogP contribution < -0.4 is 5.32 Å². The van der Waals surface area contributed by atoms with Crippen LogP contribution in [0.1, 0.15) is 19.5 Å². The normalized spacial score (nSPS) is 14.8. The minimum Gasteiger partial charge on any atom is -0.450 e. The number of amides is 1. The van der Waals surface area contributed by atoms with E-state index in [1.807, 2.05) is 19.1 Å². The Hall–Kier alpha value is -1.97. The number of piperazine rings is 1. The van der Waals surface area contributed by atoms with E-state index in [0.29, 0.717) is 26.2 Å². The molecule has 0 spiro atoms. The molecule has 0 bridgehead atoms. The summed E-state index contributed by atoms with van der Waals surface area (Å²) in [6.07, 6.45) is -0.229. The number of H-pyrrole nitrogens is 1. The van der Waals surface area contributed by atoms with Crippen LogP contribution in [0.4, 0.5) is 4.79 Å². The van der Waals surface area contributed by atoms with E-state index in [0.717, 1.165) is 36.8 Å². The topological polar surface area (TPSA) is 73.0 Å². The molecule has 1 amide bonds. The second-order valence-corrected chi connectivity index (χ2v) is 6.23. The number of carbonyl (C=O) groups is 1. The van der Waals surface area contributed by atoms with Crippen molar-refractivity contribution in [1.82, 2.24) is 20.1 Å². The Kier molecular flexibility index (Phi) is 8.21. The van der Waals surface area contributed by atoms with Crippen LogP contribution in [-0.4, -0.2) is 66.2 Å². The number of guanidine groups is 1. The highest BCUT2D eigenvalue weighted by atomic mass is 127. The number of aliphatic imine (C=N–C) groups is 1. The van der Waals surface area contributed by atoms with Crippen LogP contribution >= 0.6 is 24.0 Å². The molecule has 1 aliphatic heterocycles. The molecule has 27 heavy (non-hydrogen) atoms. The van der Waals surface area contributed by atoms with Gasteiger partial charge in [-0.15, -0.1) is 24.0 Å². The molecule has 1 fully saturated rings. The van der Waals surface area contributed by atoms with Crippen LogP contribution in [0.15, 0.2) is 35.3 Å². The lowest BCUT2D eigenvalue weighted by atomic mass is 10.2. The second kappa shape index (κ2) is 10.4. The van der Waals surface area contributed by atoms with Crippen LogP contribution in [0.2, 0.25) is 0 Å². The van der Waals surface area contributed by atoms with E-state index in [1.54, 1.807) is 4.90 Å². The van der Waals surface area contributed by atoms with Crippen molar-refractivity contribution in [2.75, 3.05) is 39.3 Å². The maximum absolute atomic E-state index is 11.8. The largest absolute Gasteiger partial charge is 0.450 e. The van der Waals surface area contributed by atoms with Crippen LogP contribution in [0.5, 0.6) is 0 Å². The molecule has 0 atom stereocenters. The molecule has 1 aromatic carbocycles. The average Bonchev–Trinajstić information content (AvgIpc) is 3.08. The number of benzene rings is 1. The zero-order valence-corrected chi connectivity index (χ0v) is 18.2. The first kappa shape index (κ1) is 21.3. The number of carbonyl (C=O) groups excluding carboxylic acids is 1. The molecular weight excluding hydrogens is 457 g/mol. The molecule has 148 valence electrons. The molecule has 1 aliphatic rings. The number of hydrogen-bond donors (Lipinski definition) is 2. The fraction of sp³-hybridized carbons (Fsp3) is 0.474. The molecule has 2 aromatic rings. The van der Waals surface area contributed by atoms with E-state index in [-0.39, 0.29) is 30.1 Å². The minimum absolute atomic E-state index is 0. The average molecular weight is 485 g/mol. The first-order chi connectivity index (χ1) is 12.7. The number of ether oxygens (including phenoxy) is 1. The van der Waals surface area contributed by atoms with E-state index in [2.05, 4.69) is 40.3 Å². The molecule has 1 aromatic heterocycles. The van der Waals surface area contributed by atoms with Crippen molar-refractivity contribution in [3.8, 4) is 0 Å². The molecular formula is C19H28IN5O2. The molecule has 3 rings (SSSR count). The third-order valence-corrected chi connectivity index (χ3v) is 4.43. The summed E-state index contributed by atoms with van der Waals surface area (Å²) in [6, 6.07) is 10.4. The van der Waals surface area contributed by atoms with Crippen LogP contribution in [-0.2, 0) is 11.3 Å². The summed E-state index contributed by atoms with van der Waals surface area (Å²) in [6.45, 7) is 8.49. The highest BCUT2D eigenvalue weighted by Crippen LogP contribution is 2.15. The van der Waals surface area contributed by atoms with Gasteiger partial charge in [-0.05, 0) is 31.4 Å². The fourth-order valence-corrected chi connectivity index (χ4v) is 3.12. The van der Waals surface area contributed by atoms with E-state index < -0.39 is 0 Å². The summed E-state index contributed by atoms with van der Waals surface area (Å²) >= 11 is 0.